The highest BCUT2D eigenvalue weighted by Gasteiger charge is 2.01. The standard InChI is InChI=1S/C11H11ClN2S/c1-8-10(12)3-2-4-11(8)14-6-9-5-13-7-15-9/h2-5,7,14H,6H2,1H3. The summed E-state index contributed by atoms with van der Waals surface area (Å²) in [6, 6.07) is 5.88. The molecule has 0 saturated heterocycles. The van der Waals surface area contributed by atoms with E-state index in [0.717, 1.165) is 22.8 Å². The molecule has 15 heavy (non-hydrogen) atoms. The van der Waals surface area contributed by atoms with E-state index in [2.05, 4.69) is 10.3 Å². The van der Waals surface area contributed by atoms with Gasteiger partial charge in [-0.15, -0.1) is 11.3 Å². The summed E-state index contributed by atoms with van der Waals surface area (Å²) in [6.07, 6.45) is 1.87. The Morgan fingerprint density at radius 2 is 2.33 bits per heavy atom. The zero-order valence-corrected chi connectivity index (χ0v) is 9.90. The van der Waals surface area contributed by atoms with Crippen LogP contribution in [0.15, 0.2) is 29.9 Å². The Morgan fingerprint density at radius 1 is 1.47 bits per heavy atom. The number of anilines is 1. The first kappa shape index (κ1) is 10.5. The van der Waals surface area contributed by atoms with Gasteiger partial charge in [-0.25, -0.2) is 0 Å². The Bertz CT molecular complexity index is 440. The summed E-state index contributed by atoms with van der Waals surface area (Å²) in [5.41, 5.74) is 4.00. The van der Waals surface area contributed by atoms with Gasteiger partial charge in [0.2, 0.25) is 0 Å². The van der Waals surface area contributed by atoms with Gasteiger partial charge in [0.15, 0.2) is 0 Å². The topological polar surface area (TPSA) is 24.9 Å². The van der Waals surface area contributed by atoms with Crippen LogP contribution in [-0.2, 0) is 6.54 Å². The van der Waals surface area contributed by atoms with Gasteiger partial charge in [0.25, 0.3) is 0 Å². The second kappa shape index (κ2) is 4.64. The first-order valence-electron chi connectivity index (χ1n) is 4.64. The van der Waals surface area contributed by atoms with Crippen LogP contribution in [0.2, 0.25) is 5.02 Å². The SMILES string of the molecule is Cc1c(Cl)cccc1NCc1cncs1. The Balaban J connectivity index is 2.08. The smallest absolute Gasteiger partial charge is 0.0794 e. The van der Waals surface area contributed by atoms with Crippen LogP contribution in [-0.4, -0.2) is 4.98 Å². The van der Waals surface area contributed by atoms with Crippen LogP contribution in [0.25, 0.3) is 0 Å². The zero-order chi connectivity index (χ0) is 10.7. The molecule has 2 nitrogen and oxygen atoms in total. The van der Waals surface area contributed by atoms with Gasteiger partial charge < -0.3 is 5.32 Å². The number of hydrogen-bond acceptors (Lipinski definition) is 3. The van der Waals surface area contributed by atoms with E-state index >= 15 is 0 Å². The summed E-state index contributed by atoms with van der Waals surface area (Å²) < 4.78 is 0. The molecule has 0 aliphatic rings. The molecule has 1 heterocycles. The average Bonchev–Trinajstić information content (AvgIpc) is 2.73. The van der Waals surface area contributed by atoms with E-state index in [4.69, 9.17) is 11.6 Å². The molecule has 4 heteroatoms. The molecular weight excluding hydrogens is 228 g/mol. The molecule has 0 bridgehead atoms. The van der Waals surface area contributed by atoms with Gasteiger partial charge in [-0.2, -0.15) is 0 Å². The van der Waals surface area contributed by atoms with Gasteiger partial charge >= 0.3 is 0 Å². The third-order valence-corrected chi connectivity index (χ3v) is 3.39. The lowest BCUT2D eigenvalue weighted by molar-refractivity contribution is 1.16. The molecule has 0 atom stereocenters. The monoisotopic (exact) mass is 238 g/mol. The lowest BCUT2D eigenvalue weighted by Gasteiger charge is -2.09. The molecule has 2 rings (SSSR count). The number of aromatic nitrogens is 1. The zero-order valence-electron chi connectivity index (χ0n) is 8.33. The van der Waals surface area contributed by atoms with Gasteiger partial charge in [-0.1, -0.05) is 17.7 Å². The lowest BCUT2D eigenvalue weighted by atomic mass is 10.2. The minimum Gasteiger partial charge on any atom is -0.380 e. The van der Waals surface area contributed by atoms with Crippen LogP contribution in [0.3, 0.4) is 0 Å². The molecule has 78 valence electrons. The quantitative estimate of drug-likeness (QED) is 0.882. The summed E-state index contributed by atoms with van der Waals surface area (Å²) in [4.78, 5) is 5.24. The molecular formula is C11H11ClN2S. The second-order valence-electron chi connectivity index (χ2n) is 3.23. The van der Waals surface area contributed by atoms with Crippen molar-refractivity contribution >= 4 is 28.6 Å². The van der Waals surface area contributed by atoms with Crippen molar-refractivity contribution in [1.29, 1.82) is 0 Å². The van der Waals surface area contributed by atoms with E-state index in [1.165, 1.54) is 4.88 Å². The number of hydrogen-bond donors (Lipinski definition) is 1. The maximum Gasteiger partial charge on any atom is 0.0794 e. The molecule has 0 amide bonds. The van der Waals surface area contributed by atoms with Crippen molar-refractivity contribution in [2.24, 2.45) is 0 Å². The van der Waals surface area contributed by atoms with Crippen LogP contribution >= 0.6 is 22.9 Å². The van der Waals surface area contributed by atoms with Crippen molar-refractivity contribution in [2.45, 2.75) is 13.5 Å². The lowest BCUT2D eigenvalue weighted by Crippen LogP contribution is -1.99. The largest absolute Gasteiger partial charge is 0.380 e. The number of thiazole rings is 1. The first-order valence-corrected chi connectivity index (χ1v) is 5.89. The third kappa shape index (κ3) is 2.49. The van der Waals surface area contributed by atoms with Gasteiger partial charge in [0.1, 0.15) is 0 Å². The van der Waals surface area contributed by atoms with E-state index in [1.54, 1.807) is 11.3 Å². The third-order valence-electron chi connectivity index (χ3n) is 2.20. The highest BCUT2D eigenvalue weighted by Crippen LogP contribution is 2.23. The minimum atomic E-state index is 0.796. The Labute approximate surface area is 97.9 Å². The van der Waals surface area contributed by atoms with E-state index in [-0.39, 0.29) is 0 Å². The number of benzene rings is 1. The molecule has 0 aliphatic heterocycles. The van der Waals surface area contributed by atoms with E-state index in [9.17, 15) is 0 Å². The van der Waals surface area contributed by atoms with E-state index < -0.39 is 0 Å². The van der Waals surface area contributed by atoms with Gasteiger partial charge in [0, 0.05) is 21.8 Å². The summed E-state index contributed by atoms with van der Waals surface area (Å²) >= 11 is 7.67. The summed E-state index contributed by atoms with van der Waals surface area (Å²) in [5, 5.41) is 4.14. The second-order valence-corrected chi connectivity index (χ2v) is 4.61. The van der Waals surface area contributed by atoms with Gasteiger partial charge in [-0.05, 0) is 24.6 Å². The van der Waals surface area contributed by atoms with E-state index in [0.29, 0.717) is 0 Å². The van der Waals surface area contributed by atoms with Gasteiger partial charge in [-0.3, -0.25) is 4.98 Å². The maximum atomic E-state index is 6.02. The predicted molar refractivity (Wildman–Crippen MR) is 65.6 cm³/mol. The van der Waals surface area contributed by atoms with Crippen molar-refractivity contribution < 1.29 is 0 Å². The normalized spacial score (nSPS) is 10.3. The minimum absolute atomic E-state index is 0.796. The molecule has 0 saturated carbocycles. The van der Waals surface area contributed by atoms with E-state index in [1.807, 2.05) is 36.8 Å². The summed E-state index contributed by atoms with van der Waals surface area (Å²) in [5.74, 6) is 0. The van der Waals surface area contributed by atoms with Crippen LogP contribution in [0, 0.1) is 6.92 Å². The number of rotatable bonds is 3. The summed E-state index contributed by atoms with van der Waals surface area (Å²) in [6.45, 7) is 2.81. The predicted octanol–water partition coefficient (Wildman–Crippen LogP) is 3.72. The molecule has 0 spiro atoms. The fraction of sp³-hybridized carbons (Fsp3) is 0.182. The Morgan fingerprint density at radius 3 is 3.07 bits per heavy atom. The van der Waals surface area contributed by atoms with Crippen LogP contribution in [0.5, 0.6) is 0 Å². The molecule has 0 radical (unpaired) electrons. The number of nitrogens with one attached hydrogen (secondary N) is 1. The number of nitrogens with zero attached hydrogens (tertiary/aromatic N) is 1. The molecule has 1 aromatic heterocycles. The molecule has 0 unspecified atom stereocenters. The number of halogens is 1. The van der Waals surface area contributed by atoms with Crippen LogP contribution in [0.1, 0.15) is 10.4 Å². The van der Waals surface area contributed by atoms with Crippen molar-refractivity contribution in [1.82, 2.24) is 4.98 Å². The molecule has 0 fully saturated rings. The average molecular weight is 239 g/mol. The molecule has 2 aromatic rings. The highest BCUT2D eigenvalue weighted by molar-refractivity contribution is 7.09. The molecule has 1 aromatic carbocycles. The van der Waals surface area contributed by atoms with Crippen LogP contribution < -0.4 is 5.32 Å². The Hall–Kier alpha value is -1.06. The van der Waals surface area contributed by atoms with Crippen molar-refractivity contribution in [2.75, 3.05) is 5.32 Å². The van der Waals surface area contributed by atoms with Crippen molar-refractivity contribution in [3.8, 4) is 0 Å². The van der Waals surface area contributed by atoms with Crippen molar-refractivity contribution in [3.05, 3.63) is 45.4 Å². The fourth-order valence-electron chi connectivity index (χ4n) is 1.31. The van der Waals surface area contributed by atoms with Crippen molar-refractivity contribution in [3.63, 3.8) is 0 Å². The summed E-state index contributed by atoms with van der Waals surface area (Å²) in [7, 11) is 0. The van der Waals surface area contributed by atoms with Gasteiger partial charge in [0.05, 0.1) is 12.1 Å². The van der Waals surface area contributed by atoms with Crippen LogP contribution in [0.4, 0.5) is 5.69 Å². The first-order chi connectivity index (χ1) is 7.27. The Kier molecular flexibility index (Phi) is 3.23. The molecule has 0 aliphatic carbocycles. The molecule has 1 N–H and O–H groups in total. The fourth-order valence-corrected chi connectivity index (χ4v) is 2.02. The highest BCUT2D eigenvalue weighted by atomic mass is 35.5. The maximum absolute atomic E-state index is 6.02.